The minimum absolute atomic E-state index is 0. The van der Waals surface area contributed by atoms with Crippen LogP contribution in [0.2, 0.25) is 0 Å². The molecule has 2 aliphatic rings. The molecule has 2 heterocycles. The van der Waals surface area contributed by atoms with Crippen LogP contribution in [0.3, 0.4) is 0 Å². The van der Waals surface area contributed by atoms with Crippen molar-refractivity contribution in [3.8, 4) is 0 Å². The Labute approximate surface area is 129 Å². The van der Waals surface area contributed by atoms with E-state index in [9.17, 15) is 4.79 Å². The van der Waals surface area contributed by atoms with Crippen molar-refractivity contribution in [1.29, 1.82) is 0 Å². The van der Waals surface area contributed by atoms with Crippen LogP contribution in [-0.4, -0.2) is 18.5 Å². The lowest BCUT2D eigenvalue weighted by molar-refractivity contribution is -0.125. The van der Waals surface area contributed by atoms with E-state index in [0.717, 1.165) is 29.7 Å². The molecule has 3 atom stereocenters. The minimum atomic E-state index is 0. The van der Waals surface area contributed by atoms with Crippen molar-refractivity contribution in [3.63, 3.8) is 0 Å². The second-order valence-electron chi connectivity index (χ2n) is 5.85. The summed E-state index contributed by atoms with van der Waals surface area (Å²) in [7, 11) is 0. The van der Waals surface area contributed by atoms with Gasteiger partial charge in [0.15, 0.2) is 0 Å². The number of benzene rings is 1. The zero-order valence-corrected chi connectivity index (χ0v) is 12.5. The number of hydrogen-bond acceptors (Lipinski definition) is 3. The molecule has 1 saturated carbocycles. The number of furan rings is 1. The molecule has 4 nitrogen and oxygen atoms in total. The van der Waals surface area contributed by atoms with Crippen LogP contribution in [0.15, 0.2) is 34.7 Å². The summed E-state index contributed by atoms with van der Waals surface area (Å²) in [6, 6.07) is 10.3. The molecule has 0 unspecified atom stereocenters. The number of nitrogens with one attached hydrogen (secondary N) is 2. The topological polar surface area (TPSA) is 54.3 Å². The van der Waals surface area contributed by atoms with Gasteiger partial charge in [0.05, 0.1) is 12.5 Å². The summed E-state index contributed by atoms with van der Waals surface area (Å²) in [6.07, 6.45) is 2.31. The van der Waals surface area contributed by atoms with Gasteiger partial charge in [0.2, 0.25) is 5.91 Å². The first-order chi connectivity index (χ1) is 9.81. The van der Waals surface area contributed by atoms with Crippen molar-refractivity contribution in [2.45, 2.75) is 25.4 Å². The van der Waals surface area contributed by atoms with E-state index in [2.05, 4.69) is 10.6 Å². The molecule has 1 saturated heterocycles. The van der Waals surface area contributed by atoms with Crippen molar-refractivity contribution < 1.29 is 9.21 Å². The number of amides is 1. The van der Waals surface area contributed by atoms with Gasteiger partial charge in [-0.2, -0.15) is 0 Å². The molecule has 4 rings (SSSR count). The van der Waals surface area contributed by atoms with E-state index in [1.54, 1.807) is 0 Å². The monoisotopic (exact) mass is 306 g/mol. The van der Waals surface area contributed by atoms with Gasteiger partial charge in [0, 0.05) is 11.4 Å². The Morgan fingerprint density at radius 3 is 2.86 bits per heavy atom. The fourth-order valence-corrected chi connectivity index (χ4v) is 3.65. The molecule has 1 aliphatic carbocycles. The third-order valence-corrected chi connectivity index (χ3v) is 4.65. The molecule has 0 spiro atoms. The fourth-order valence-electron chi connectivity index (χ4n) is 3.65. The summed E-state index contributed by atoms with van der Waals surface area (Å²) in [5.74, 6) is 1.66. The Morgan fingerprint density at radius 2 is 2.19 bits per heavy atom. The zero-order chi connectivity index (χ0) is 13.5. The maximum absolute atomic E-state index is 12.3. The number of para-hydroxylation sites is 1. The number of halogens is 1. The third-order valence-electron chi connectivity index (χ3n) is 4.65. The van der Waals surface area contributed by atoms with Crippen molar-refractivity contribution in [1.82, 2.24) is 10.6 Å². The molecular weight excluding hydrogens is 288 g/mol. The molecule has 1 amide bonds. The molecule has 112 valence electrons. The molecule has 2 aromatic rings. The Bertz CT molecular complexity index is 602. The SMILES string of the molecule is Cl.O=C(NCc1cc2ccccc2o1)[C@@H]1[C@H]2CC[C@@H]1NC2. The van der Waals surface area contributed by atoms with Crippen LogP contribution in [0.4, 0.5) is 0 Å². The number of carbonyl (C=O) groups is 1. The lowest BCUT2D eigenvalue weighted by atomic mass is 9.97. The molecule has 1 aliphatic heterocycles. The van der Waals surface area contributed by atoms with E-state index in [0.29, 0.717) is 18.5 Å². The molecule has 1 aromatic heterocycles. The number of piperidine rings is 1. The lowest BCUT2D eigenvalue weighted by Gasteiger charge is -2.13. The van der Waals surface area contributed by atoms with Gasteiger partial charge in [-0.25, -0.2) is 0 Å². The first-order valence-electron chi connectivity index (χ1n) is 7.30. The highest BCUT2D eigenvalue weighted by Gasteiger charge is 2.45. The van der Waals surface area contributed by atoms with Crippen LogP contribution < -0.4 is 10.6 Å². The lowest BCUT2D eigenvalue weighted by Crippen LogP contribution is -2.36. The fraction of sp³-hybridized carbons (Fsp3) is 0.438. The maximum atomic E-state index is 12.3. The molecule has 5 heteroatoms. The van der Waals surface area contributed by atoms with Crippen LogP contribution in [0, 0.1) is 11.8 Å². The summed E-state index contributed by atoms with van der Waals surface area (Å²) >= 11 is 0. The van der Waals surface area contributed by atoms with Crippen LogP contribution in [0.5, 0.6) is 0 Å². The average molecular weight is 307 g/mol. The minimum Gasteiger partial charge on any atom is -0.459 e. The van der Waals surface area contributed by atoms with Crippen molar-refractivity contribution in [3.05, 3.63) is 36.1 Å². The van der Waals surface area contributed by atoms with Gasteiger partial charge in [0.25, 0.3) is 0 Å². The highest BCUT2D eigenvalue weighted by Crippen LogP contribution is 2.37. The van der Waals surface area contributed by atoms with E-state index < -0.39 is 0 Å². The predicted octanol–water partition coefficient (Wildman–Crippen LogP) is 2.47. The number of hydrogen-bond donors (Lipinski definition) is 2. The number of rotatable bonds is 3. The summed E-state index contributed by atoms with van der Waals surface area (Å²) in [5, 5.41) is 7.54. The zero-order valence-electron chi connectivity index (χ0n) is 11.7. The molecule has 0 radical (unpaired) electrons. The first-order valence-corrected chi connectivity index (χ1v) is 7.30. The predicted molar refractivity (Wildman–Crippen MR) is 83.3 cm³/mol. The number of fused-ring (bicyclic) bond motifs is 3. The smallest absolute Gasteiger partial charge is 0.225 e. The van der Waals surface area contributed by atoms with E-state index in [4.69, 9.17) is 4.42 Å². The summed E-state index contributed by atoms with van der Waals surface area (Å²) in [6.45, 7) is 1.47. The normalized spacial score (nSPS) is 26.8. The molecule has 1 aromatic carbocycles. The summed E-state index contributed by atoms with van der Waals surface area (Å²) in [4.78, 5) is 12.3. The molecule has 2 fully saturated rings. The Morgan fingerprint density at radius 1 is 1.33 bits per heavy atom. The standard InChI is InChI=1S/C16H18N2O2.ClH/c19-16(15-11-5-6-13(15)17-8-11)18-9-12-7-10-3-1-2-4-14(10)20-12;/h1-4,7,11,13,15,17H,5-6,8-9H2,(H,18,19);1H/t11-,13-,15+;/m0./s1. The van der Waals surface area contributed by atoms with Crippen LogP contribution in [-0.2, 0) is 11.3 Å². The maximum Gasteiger partial charge on any atom is 0.225 e. The molecule has 2 bridgehead atoms. The average Bonchev–Trinajstić information content (AvgIpc) is 3.17. The van der Waals surface area contributed by atoms with Crippen LogP contribution >= 0.6 is 12.4 Å². The van der Waals surface area contributed by atoms with Gasteiger partial charge in [0.1, 0.15) is 11.3 Å². The van der Waals surface area contributed by atoms with Gasteiger partial charge in [-0.05, 0) is 37.4 Å². The van der Waals surface area contributed by atoms with E-state index in [1.165, 1.54) is 6.42 Å². The van der Waals surface area contributed by atoms with E-state index >= 15 is 0 Å². The third kappa shape index (κ3) is 2.54. The van der Waals surface area contributed by atoms with E-state index in [-0.39, 0.29) is 24.2 Å². The van der Waals surface area contributed by atoms with Gasteiger partial charge < -0.3 is 15.1 Å². The number of carbonyl (C=O) groups excluding carboxylic acids is 1. The van der Waals surface area contributed by atoms with Crippen LogP contribution in [0.1, 0.15) is 18.6 Å². The van der Waals surface area contributed by atoms with Crippen molar-refractivity contribution >= 4 is 29.3 Å². The van der Waals surface area contributed by atoms with E-state index in [1.807, 2.05) is 30.3 Å². The highest BCUT2D eigenvalue weighted by atomic mass is 35.5. The quantitative estimate of drug-likeness (QED) is 0.916. The Balaban J connectivity index is 0.00000132. The first kappa shape index (κ1) is 14.4. The largest absolute Gasteiger partial charge is 0.459 e. The molecular formula is C16H19ClN2O2. The molecule has 21 heavy (non-hydrogen) atoms. The summed E-state index contributed by atoms with van der Waals surface area (Å²) in [5.41, 5.74) is 0.874. The summed E-state index contributed by atoms with van der Waals surface area (Å²) < 4.78 is 5.72. The molecule has 2 N–H and O–H groups in total. The van der Waals surface area contributed by atoms with Crippen LogP contribution in [0.25, 0.3) is 11.0 Å². The second-order valence-corrected chi connectivity index (χ2v) is 5.85. The Hall–Kier alpha value is -1.52. The van der Waals surface area contributed by atoms with Gasteiger partial charge >= 0.3 is 0 Å². The highest BCUT2D eigenvalue weighted by molar-refractivity contribution is 5.85. The van der Waals surface area contributed by atoms with Crippen molar-refractivity contribution in [2.24, 2.45) is 11.8 Å². The van der Waals surface area contributed by atoms with Gasteiger partial charge in [-0.1, -0.05) is 18.2 Å². The second kappa shape index (κ2) is 5.70. The Kier molecular flexibility index (Phi) is 3.91. The van der Waals surface area contributed by atoms with Gasteiger partial charge in [-0.15, -0.1) is 12.4 Å². The van der Waals surface area contributed by atoms with Gasteiger partial charge in [-0.3, -0.25) is 4.79 Å². The van der Waals surface area contributed by atoms with Crippen molar-refractivity contribution in [2.75, 3.05) is 6.54 Å².